The highest BCUT2D eigenvalue weighted by atomic mass is 16.3. The van der Waals surface area contributed by atoms with E-state index in [1.807, 2.05) is 48.8 Å². The first-order valence-corrected chi connectivity index (χ1v) is 15.5. The Bertz CT molecular complexity index is 1260. The normalized spacial score (nSPS) is 30.5. The van der Waals surface area contributed by atoms with Crippen molar-refractivity contribution >= 4 is 0 Å². The molecule has 2 heterocycles. The number of unbranched alkanes of at least 4 members (excludes halogenated alkanes) is 1. The van der Waals surface area contributed by atoms with Crippen molar-refractivity contribution in [3.8, 4) is 5.75 Å². The maximum absolute atomic E-state index is 11.9. The summed E-state index contributed by atoms with van der Waals surface area (Å²) in [6, 6.07) is 18.0. The van der Waals surface area contributed by atoms with E-state index in [4.69, 9.17) is 0 Å². The molecule has 41 heavy (non-hydrogen) atoms. The van der Waals surface area contributed by atoms with E-state index in [1.165, 1.54) is 11.1 Å². The molecule has 2 saturated carbocycles. The summed E-state index contributed by atoms with van der Waals surface area (Å²) in [5.41, 5.74) is 4.22. The molecule has 3 N–H and O–H groups in total. The van der Waals surface area contributed by atoms with Gasteiger partial charge in [-0.2, -0.15) is 0 Å². The van der Waals surface area contributed by atoms with E-state index in [-0.39, 0.29) is 12.0 Å². The van der Waals surface area contributed by atoms with Gasteiger partial charge in [-0.1, -0.05) is 31.5 Å². The minimum absolute atomic E-state index is 0.0493. The zero-order chi connectivity index (χ0) is 28.5. The predicted octanol–water partition coefficient (Wildman–Crippen LogP) is 5.86. The topological polar surface area (TPSA) is 89.7 Å². The molecular formula is C35H45N3O3. The third kappa shape index (κ3) is 5.54. The van der Waals surface area contributed by atoms with Gasteiger partial charge in [0.15, 0.2) is 0 Å². The van der Waals surface area contributed by atoms with Crippen molar-refractivity contribution in [1.29, 1.82) is 0 Å². The third-order valence-corrected chi connectivity index (χ3v) is 10.9. The molecule has 0 spiro atoms. The average Bonchev–Trinajstić information content (AvgIpc) is 3.22. The lowest BCUT2D eigenvalue weighted by atomic mass is 9.55. The van der Waals surface area contributed by atoms with Gasteiger partial charge in [0, 0.05) is 30.9 Å². The lowest BCUT2D eigenvalue weighted by molar-refractivity contribution is -0.0716. The summed E-state index contributed by atoms with van der Waals surface area (Å²) >= 11 is 0. The molecule has 3 aliphatic carbocycles. The monoisotopic (exact) mass is 555 g/mol. The molecule has 0 amide bonds. The fourth-order valence-electron chi connectivity index (χ4n) is 8.83. The van der Waals surface area contributed by atoms with Gasteiger partial charge in [0.2, 0.25) is 0 Å². The molecule has 6 heteroatoms. The molecule has 0 aliphatic heterocycles. The summed E-state index contributed by atoms with van der Waals surface area (Å²) in [5.74, 6) is 1.79. The lowest BCUT2D eigenvalue weighted by Gasteiger charge is -2.50. The minimum Gasteiger partial charge on any atom is -0.508 e. The SMILES string of the molecule is C[C@]12CC[C@@H]3c4ccc(O)cc4CC[C@H]3[C@@H]1C[C@@](CO)(CCCCN(Cc1ccccn1)Cc1ccccn1)[C@@H]2O. The summed E-state index contributed by atoms with van der Waals surface area (Å²) in [6.07, 6.45) is 11.1. The first kappa shape index (κ1) is 28.3. The third-order valence-electron chi connectivity index (χ3n) is 10.9. The molecule has 6 atom stereocenters. The quantitative estimate of drug-likeness (QED) is 0.272. The van der Waals surface area contributed by atoms with Gasteiger partial charge in [0.1, 0.15) is 5.75 Å². The summed E-state index contributed by atoms with van der Waals surface area (Å²) < 4.78 is 0. The number of aromatic nitrogens is 2. The number of benzene rings is 1. The van der Waals surface area contributed by atoms with Gasteiger partial charge in [-0.05, 0) is 122 Å². The second-order valence-electron chi connectivity index (χ2n) is 13.3. The average molecular weight is 556 g/mol. The molecule has 6 rings (SSSR count). The molecule has 6 nitrogen and oxygen atoms in total. The number of phenolic OH excluding ortho intramolecular Hbond substituents is 1. The fourth-order valence-corrected chi connectivity index (χ4v) is 8.83. The number of fused-ring (bicyclic) bond motifs is 5. The van der Waals surface area contributed by atoms with Crippen molar-refractivity contribution < 1.29 is 15.3 Å². The Kier molecular flexibility index (Phi) is 8.17. The summed E-state index contributed by atoms with van der Waals surface area (Å²) in [6.45, 7) is 4.80. The van der Waals surface area contributed by atoms with Crippen LogP contribution in [0.15, 0.2) is 67.0 Å². The number of phenols is 1. The zero-order valence-corrected chi connectivity index (χ0v) is 24.3. The van der Waals surface area contributed by atoms with Gasteiger partial charge in [-0.3, -0.25) is 14.9 Å². The van der Waals surface area contributed by atoms with Crippen LogP contribution in [0.3, 0.4) is 0 Å². The van der Waals surface area contributed by atoms with Crippen molar-refractivity contribution in [3.05, 3.63) is 89.5 Å². The van der Waals surface area contributed by atoms with Gasteiger partial charge >= 0.3 is 0 Å². The van der Waals surface area contributed by atoms with Crippen molar-refractivity contribution in [3.63, 3.8) is 0 Å². The number of rotatable bonds is 10. The molecule has 2 aromatic heterocycles. The lowest BCUT2D eigenvalue weighted by Crippen LogP contribution is -2.46. The number of aryl methyl sites for hydroxylation is 1. The van der Waals surface area contributed by atoms with Crippen molar-refractivity contribution in [2.45, 2.75) is 83.4 Å². The number of pyridine rings is 2. The van der Waals surface area contributed by atoms with Crippen LogP contribution in [0.5, 0.6) is 5.75 Å². The molecule has 218 valence electrons. The summed E-state index contributed by atoms with van der Waals surface area (Å²) in [5, 5.41) is 32.7. The Morgan fingerprint density at radius 3 is 2.34 bits per heavy atom. The van der Waals surface area contributed by atoms with Crippen LogP contribution < -0.4 is 0 Å². The molecule has 0 bridgehead atoms. The second-order valence-corrected chi connectivity index (χ2v) is 13.3. The van der Waals surface area contributed by atoms with E-state index in [0.29, 0.717) is 23.5 Å². The van der Waals surface area contributed by atoms with Crippen LogP contribution in [-0.4, -0.2) is 49.4 Å². The minimum atomic E-state index is -0.481. The van der Waals surface area contributed by atoms with E-state index in [2.05, 4.69) is 40.0 Å². The Morgan fingerprint density at radius 2 is 1.68 bits per heavy atom. The first-order chi connectivity index (χ1) is 19.9. The number of aliphatic hydroxyl groups is 2. The van der Waals surface area contributed by atoms with E-state index >= 15 is 0 Å². The highest BCUT2D eigenvalue weighted by Crippen LogP contribution is 2.66. The highest BCUT2D eigenvalue weighted by Gasteiger charge is 2.63. The Hall–Kier alpha value is -2.80. The maximum atomic E-state index is 11.9. The van der Waals surface area contributed by atoms with E-state index in [9.17, 15) is 15.3 Å². The molecule has 3 aliphatic rings. The van der Waals surface area contributed by atoms with E-state index in [1.54, 1.807) is 0 Å². The van der Waals surface area contributed by atoms with Crippen molar-refractivity contribution in [2.75, 3.05) is 13.2 Å². The number of hydrogen-bond acceptors (Lipinski definition) is 6. The fraction of sp³-hybridized carbons (Fsp3) is 0.543. The van der Waals surface area contributed by atoms with Crippen molar-refractivity contribution in [1.82, 2.24) is 14.9 Å². The van der Waals surface area contributed by atoms with E-state index in [0.717, 1.165) is 82.4 Å². The number of nitrogens with zero attached hydrogens (tertiary/aromatic N) is 3. The van der Waals surface area contributed by atoms with Crippen LogP contribution in [-0.2, 0) is 19.5 Å². The Morgan fingerprint density at radius 1 is 0.951 bits per heavy atom. The van der Waals surface area contributed by atoms with Crippen LogP contribution in [0.25, 0.3) is 0 Å². The molecular weight excluding hydrogens is 510 g/mol. The Labute approximate surface area is 244 Å². The zero-order valence-electron chi connectivity index (χ0n) is 24.3. The van der Waals surface area contributed by atoms with Crippen LogP contribution in [0.1, 0.15) is 80.3 Å². The van der Waals surface area contributed by atoms with Crippen LogP contribution in [0.2, 0.25) is 0 Å². The van der Waals surface area contributed by atoms with Gasteiger partial charge in [0.25, 0.3) is 0 Å². The predicted molar refractivity (Wildman–Crippen MR) is 160 cm³/mol. The van der Waals surface area contributed by atoms with E-state index < -0.39 is 11.5 Å². The van der Waals surface area contributed by atoms with Crippen molar-refractivity contribution in [2.24, 2.45) is 22.7 Å². The largest absolute Gasteiger partial charge is 0.508 e. The maximum Gasteiger partial charge on any atom is 0.115 e. The molecule has 3 aromatic rings. The summed E-state index contributed by atoms with van der Waals surface area (Å²) in [4.78, 5) is 11.5. The highest BCUT2D eigenvalue weighted by molar-refractivity contribution is 5.40. The number of aromatic hydroxyl groups is 1. The van der Waals surface area contributed by atoms with Gasteiger partial charge in [-0.15, -0.1) is 0 Å². The molecule has 1 aromatic carbocycles. The molecule has 0 saturated heterocycles. The van der Waals surface area contributed by atoms with Crippen LogP contribution in [0, 0.1) is 22.7 Å². The van der Waals surface area contributed by atoms with Crippen LogP contribution >= 0.6 is 0 Å². The Balaban J connectivity index is 1.12. The molecule has 0 unspecified atom stereocenters. The molecule has 0 radical (unpaired) electrons. The second kappa shape index (κ2) is 11.8. The number of hydrogen-bond donors (Lipinski definition) is 3. The standard InChI is InChI=1S/C35H45N3O3/c1-34-16-14-30-29-13-11-28(40)20-25(29)10-12-31(30)32(34)21-35(24-39,33(34)41)15-4-7-19-38(22-26-8-2-5-17-36-26)23-27-9-3-6-18-37-27/h2-3,5-6,8-9,11,13,17-18,20,30-33,39-41H,4,7,10,12,14-16,19,21-24H2,1H3/t30-,31-,32+,33-,34+,35-/m1/s1. The van der Waals surface area contributed by atoms with Gasteiger partial charge in [-0.25, -0.2) is 0 Å². The van der Waals surface area contributed by atoms with Gasteiger partial charge < -0.3 is 15.3 Å². The summed E-state index contributed by atoms with van der Waals surface area (Å²) in [7, 11) is 0. The first-order valence-electron chi connectivity index (χ1n) is 15.5. The van der Waals surface area contributed by atoms with Gasteiger partial charge in [0.05, 0.1) is 24.1 Å². The number of aliphatic hydroxyl groups excluding tert-OH is 2. The van der Waals surface area contributed by atoms with Crippen LogP contribution in [0.4, 0.5) is 0 Å². The molecule has 2 fully saturated rings. The smallest absolute Gasteiger partial charge is 0.115 e.